The van der Waals surface area contributed by atoms with E-state index in [9.17, 15) is 0 Å². The molecule has 6 heteroatoms. The van der Waals surface area contributed by atoms with Crippen LogP contribution in [0.2, 0.25) is 0 Å². The highest BCUT2D eigenvalue weighted by atomic mass is 16.3. The molecular formula is C42H24N4O2. The van der Waals surface area contributed by atoms with Crippen molar-refractivity contribution < 1.29 is 14.3 Å². The molecule has 48 heavy (non-hydrogen) atoms. The monoisotopic (exact) mass is 620 g/mol. The summed E-state index contributed by atoms with van der Waals surface area (Å²) in [6.45, 7) is 0. The molecule has 0 aliphatic carbocycles. The fraction of sp³-hybridized carbons (Fsp3) is 0. The molecule has 0 saturated carbocycles. The molecule has 0 spiro atoms. The zero-order valence-electron chi connectivity index (χ0n) is 29.2. The van der Waals surface area contributed by atoms with E-state index in [0.29, 0.717) is 34.1 Å². The molecule has 6 nitrogen and oxygen atoms in total. The second-order valence-electron chi connectivity index (χ2n) is 11.6. The summed E-state index contributed by atoms with van der Waals surface area (Å²) in [6, 6.07) is 38.0. The third-order valence-electron chi connectivity index (χ3n) is 8.70. The summed E-state index contributed by atoms with van der Waals surface area (Å²) < 4.78 is 45.4. The smallest absolute Gasteiger partial charge is 0.227 e. The molecule has 0 aliphatic rings. The number of nitrogens with zero attached hydrogens (tertiary/aromatic N) is 4. The van der Waals surface area contributed by atoms with E-state index in [-0.39, 0.29) is 35.6 Å². The highest BCUT2D eigenvalue weighted by Crippen LogP contribution is 2.39. The molecule has 0 amide bonds. The van der Waals surface area contributed by atoms with Crippen molar-refractivity contribution in [2.24, 2.45) is 0 Å². The lowest BCUT2D eigenvalue weighted by Gasteiger charge is -2.11. The van der Waals surface area contributed by atoms with Gasteiger partial charge in [-0.05, 0) is 52.5 Å². The molecule has 0 saturated heterocycles. The van der Waals surface area contributed by atoms with E-state index >= 15 is 0 Å². The van der Waals surface area contributed by atoms with Gasteiger partial charge >= 0.3 is 0 Å². The minimum absolute atomic E-state index is 0.0935. The van der Waals surface area contributed by atoms with Gasteiger partial charge in [-0.2, -0.15) is 0 Å². The van der Waals surface area contributed by atoms with E-state index < -0.39 is 0 Å². The molecule has 0 fully saturated rings. The van der Waals surface area contributed by atoms with Gasteiger partial charge < -0.3 is 8.83 Å². The van der Waals surface area contributed by atoms with Crippen LogP contribution in [0.4, 0.5) is 0 Å². The summed E-state index contributed by atoms with van der Waals surface area (Å²) in [6.07, 6.45) is 0. The van der Waals surface area contributed by atoms with E-state index in [2.05, 4.69) is 24.3 Å². The Hall–Kier alpha value is -6.66. The average molecular weight is 621 g/mol. The van der Waals surface area contributed by atoms with Gasteiger partial charge in [0.05, 0.1) is 5.48 Å². The second-order valence-corrected chi connectivity index (χ2v) is 11.6. The topological polar surface area (TPSA) is 77.8 Å². The van der Waals surface area contributed by atoms with Crippen molar-refractivity contribution in [3.8, 4) is 45.6 Å². The normalized spacial score (nSPS) is 12.9. The van der Waals surface area contributed by atoms with Crippen LogP contribution < -0.4 is 0 Å². The number of rotatable bonds is 4. The van der Waals surface area contributed by atoms with Crippen LogP contribution in [0.15, 0.2) is 154 Å². The van der Waals surface area contributed by atoms with E-state index in [1.165, 1.54) is 6.07 Å². The first-order valence-corrected chi connectivity index (χ1v) is 15.5. The fourth-order valence-electron chi connectivity index (χ4n) is 6.48. The molecule has 224 valence electrons. The standard InChI is InChI=1S/C42H24N4O2/c1-2-12-26(13-3-1)42-43-34-24-33(29-15-6-7-16-30(29)38(34)48-42)41-45-39(28-22-21-25-11-4-5-14-27(25)23-28)44-40(46-41)32-18-10-20-36-37(32)31-17-8-9-19-35(31)47-36/h1-24H/i1D,2D,3D,12D. The molecular weight excluding hydrogens is 592 g/mol. The highest BCUT2D eigenvalue weighted by molar-refractivity contribution is 6.12. The first kappa shape index (κ1) is 22.8. The van der Waals surface area contributed by atoms with Gasteiger partial charge in [-0.1, -0.05) is 109 Å². The third-order valence-corrected chi connectivity index (χ3v) is 8.70. The maximum Gasteiger partial charge on any atom is 0.227 e. The van der Waals surface area contributed by atoms with E-state index in [4.69, 9.17) is 34.3 Å². The third kappa shape index (κ3) is 4.20. The number of oxazole rings is 1. The van der Waals surface area contributed by atoms with Crippen LogP contribution in [0.5, 0.6) is 0 Å². The zero-order valence-corrected chi connectivity index (χ0v) is 25.2. The van der Waals surface area contributed by atoms with Crippen LogP contribution >= 0.6 is 0 Å². The summed E-state index contributed by atoms with van der Waals surface area (Å²) in [4.78, 5) is 20.1. The Morgan fingerprint density at radius 2 is 1.23 bits per heavy atom. The molecule has 0 bridgehead atoms. The Balaban J connectivity index is 1.25. The number of hydrogen-bond acceptors (Lipinski definition) is 6. The summed E-state index contributed by atoms with van der Waals surface area (Å²) in [7, 11) is 0. The van der Waals surface area contributed by atoms with Crippen molar-refractivity contribution in [2.75, 3.05) is 0 Å². The minimum atomic E-state index is -0.352. The Morgan fingerprint density at radius 1 is 0.479 bits per heavy atom. The first-order chi connectivity index (χ1) is 25.4. The predicted molar refractivity (Wildman–Crippen MR) is 191 cm³/mol. The summed E-state index contributed by atoms with van der Waals surface area (Å²) in [5.41, 5.74) is 5.00. The lowest BCUT2D eigenvalue weighted by molar-refractivity contribution is 0.623. The van der Waals surface area contributed by atoms with Gasteiger partial charge in [0.25, 0.3) is 0 Å². The fourth-order valence-corrected chi connectivity index (χ4v) is 6.48. The summed E-state index contributed by atoms with van der Waals surface area (Å²) in [5.74, 6) is 1.51. The molecule has 0 N–H and O–H groups in total. The maximum absolute atomic E-state index is 8.52. The Kier molecular flexibility index (Phi) is 4.95. The number of aromatic nitrogens is 4. The van der Waals surface area contributed by atoms with Crippen LogP contribution in [-0.2, 0) is 0 Å². The maximum atomic E-state index is 8.52. The van der Waals surface area contributed by atoms with Gasteiger partial charge in [0.2, 0.25) is 5.89 Å². The first-order valence-electron chi connectivity index (χ1n) is 17.5. The number of benzene rings is 7. The molecule has 10 rings (SSSR count). The number of fused-ring (bicyclic) bond motifs is 7. The summed E-state index contributed by atoms with van der Waals surface area (Å²) in [5, 5.41) is 5.62. The van der Waals surface area contributed by atoms with E-state index in [1.54, 1.807) is 0 Å². The molecule has 0 radical (unpaired) electrons. The lowest BCUT2D eigenvalue weighted by Crippen LogP contribution is -2.01. The van der Waals surface area contributed by atoms with Gasteiger partial charge in [-0.3, -0.25) is 0 Å². The Morgan fingerprint density at radius 3 is 2.15 bits per heavy atom. The Bertz CT molecular complexity index is 3100. The zero-order chi connectivity index (χ0) is 35.1. The van der Waals surface area contributed by atoms with Gasteiger partial charge in [-0.15, -0.1) is 0 Å². The molecule has 3 heterocycles. The molecule has 3 aromatic heterocycles. The molecule has 0 atom stereocenters. The highest BCUT2D eigenvalue weighted by Gasteiger charge is 2.21. The van der Waals surface area contributed by atoms with E-state index in [0.717, 1.165) is 54.6 Å². The van der Waals surface area contributed by atoms with Crippen molar-refractivity contribution in [1.82, 2.24) is 19.9 Å². The van der Waals surface area contributed by atoms with Crippen LogP contribution in [0.3, 0.4) is 0 Å². The SMILES string of the molecule is [2H]c1cc(-c2nc3cc(-c4nc(-c5ccc6ccccc6c5)nc(-c5cccc6oc7ccccc7c56)n4)c4ccccc4c3o2)c([2H])c([2H])c1[2H]. The lowest BCUT2D eigenvalue weighted by atomic mass is 10.0. The van der Waals surface area contributed by atoms with Crippen molar-refractivity contribution in [2.45, 2.75) is 0 Å². The predicted octanol–water partition coefficient (Wildman–Crippen LogP) is 10.9. The van der Waals surface area contributed by atoms with Gasteiger partial charge in [0.1, 0.15) is 16.7 Å². The minimum Gasteiger partial charge on any atom is -0.456 e. The number of hydrogen-bond donors (Lipinski definition) is 0. The van der Waals surface area contributed by atoms with Gasteiger partial charge in [0, 0.05) is 38.4 Å². The summed E-state index contributed by atoms with van der Waals surface area (Å²) >= 11 is 0. The molecule has 7 aromatic carbocycles. The van der Waals surface area contributed by atoms with Crippen molar-refractivity contribution in [1.29, 1.82) is 0 Å². The Labute approximate surface area is 279 Å². The quantitative estimate of drug-likeness (QED) is 0.195. The van der Waals surface area contributed by atoms with E-state index in [1.807, 2.05) is 91.0 Å². The van der Waals surface area contributed by atoms with Crippen LogP contribution in [0, 0.1) is 0 Å². The molecule has 0 unspecified atom stereocenters. The van der Waals surface area contributed by atoms with Crippen LogP contribution in [0.1, 0.15) is 5.48 Å². The van der Waals surface area contributed by atoms with Crippen molar-refractivity contribution in [3.63, 3.8) is 0 Å². The van der Waals surface area contributed by atoms with Crippen molar-refractivity contribution >= 4 is 54.6 Å². The van der Waals surface area contributed by atoms with Gasteiger partial charge in [0.15, 0.2) is 23.1 Å². The average Bonchev–Trinajstić information content (AvgIpc) is 3.80. The molecule has 10 aromatic rings. The largest absolute Gasteiger partial charge is 0.456 e. The second kappa shape index (κ2) is 10.4. The molecule has 0 aliphatic heterocycles. The van der Waals surface area contributed by atoms with Crippen molar-refractivity contribution in [3.05, 3.63) is 145 Å². The number of para-hydroxylation sites is 1. The number of furan rings is 1. The van der Waals surface area contributed by atoms with Crippen LogP contribution in [0.25, 0.3) is 100 Å². The van der Waals surface area contributed by atoms with Crippen LogP contribution in [-0.4, -0.2) is 19.9 Å². The van der Waals surface area contributed by atoms with Gasteiger partial charge in [-0.25, -0.2) is 19.9 Å².